The normalized spacial score (nSPS) is 14.4. The second-order valence-corrected chi connectivity index (χ2v) is 7.39. The summed E-state index contributed by atoms with van der Waals surface area (Å²) in [7, 11) is 0. The first-order valence-electron chi connectivity index (χ1n) is 10.7. The zero-order chi connectivity index (χ0) is 24.1. The minimum absolute atomic E-state index is 0.0859. The van der Waals surface area contributed by atoms with Crippen LogP contribution in [0.3, 0.4) is 0 Å². The maximum Gasteiger partial charge on any atom is 0.336 e. The average Bonchev–Trinajstić information content (AvgIpc) is 2.79. The van der Waals surface area contributed by atoms with Crippen LogP contribution in [0, 0.1) is 10.1 Å². The summed E-state index contributed by atoms with van der Waals surface area (Å²) in [5, 5.41) is 11.1. The molecule has 3 rings (SSSR count). The summed E-state index contributed by atoms with van der Waals surface area (Å²) in [5.74, 6) is -1.92. The maximum atomic E-state index is 13.2. The van der Waals surface area contributed by atoms with E-state index in [9.17, 15) is 19.7 Å². The lowest BCUT2D eigenvalue weighted by molar-refractivity contribution is -0.384. The summed E-state index contributed by atoms with van der Waals surface area (Å²) in [6, 6.07) is 15.2. The van der Waals surface area contributed by atoms with Gasteiger partial charge >= 0.3 is 11.9 Å². The van der Waals surface area contributed by atoms with Crippen molar-refractivity contribution in [2.45, 2.75) is 33.6 Å². The molecule has 0 aromatic heterocycles. The Labute approximate surface area is 192 Å². The molecule has 0 radical (unpaired) electrons. The number of benzene rings is 2. The molecule has 0 spiro atoms. The van der Waals surface area contributed by atoms with Gasteiger partial charge in [0, 0.05) is 29.2 Å². The van der Waals surface area contributed by atoms with E-state index in [0.717, 1.165) is 5.69 Å². The number of ether oxygens (including phenoxy) is 2. The van der Waals surface area contributed by atoms with E-state index < -0.39 is 22.8 Å². The van der Waals surface area contributed by atoms with Gasteiger partial charge in [0.25, 0.3) is 5.69 Å². The second kappa shape index (κ2) is 10.1. The molecule has 0 bridgehead atoms. The van der Waals surface area contributed by atoms with Crippen molar-refractivity contribution in [3.63, 3.8) is 0 Å². The predicted octanol–water partition coefficient (Wildman–Crippen LogP) is 4.87. The van der Waals surface area contributed by atoms with Crippen LogP contribution >= 0.6 is 0 Å². The van der Waals surface area contributed by atoms with Gasteiger partial charge in [0.15, 0.2) is 0 Å². The Morgan fingerprint density at radius 2 is 1.36 bits per heavy atom. The predicted molar refractivity (Wildman–Crippen MR) is 123 cm³/mol. The highest BCUT2D eigenvalue weighted by Crippen LogP contribution is 2.44. The Bertz CT molecular complexity index is 1080. The van der Waals surface area contributed by atoms with Gasteiger partial charge in [-0.15, -0.1) is 0 Å². The highest BCUT2D eigenvalue weighted by molar-refractivity contribution is 6.01. The minimum atomic E-state index is -0.802. The van der Waals surface area contributed by atoms with Crippen molar-refractivity contribution in [1.29, 1.82) is 0 Å². The number of carbonyl (C=O) groups excluding carboxylic acids is 2. The average molecular weight is 450 g/mol. The molecule has 0 unspecified atom stereocenters. The number of carbonyl (C=O) groups is 2. The highest BCUT2D eigenvalue weighted by Gasteiger charge is 2.41. The van der Waals surface area contributed by atoms with Crippen LogP contribution in [0.5, 0.6) is 0 Å². The number of hydrogen-bond acceptors (Lipinski definition) is 7. The maximum absolute atomic E-state index is 13.2. The lowest BCUT2D eigenvalue weighted by Crippen LogP contribution is -2.35. The second-order valence-electron chi connectivity index (χ2n) is 7.39. The number of hydrogen-bond donors (Lipinski definition) is 0. The lowest BCUT2D eigenvalue weighted by atomic mass is 9.79. The van der Waals surface area contributed by atoms with Crippen LogP contribution in [0.1, 0.15) is 39.2 Å². The van der Waals surface area contributed by atoms with Gasteiger partial charge in [-0.2, -0.15) is 0 Å². The van der Waals surface area contributed by atoms with Crippen molar-refractivity contribution in [1.82, 2.24) is 0 Å². The van der Waals surface area contributed by atoms with Gasteiger partial charge in [-0.3, -0.25) is 10.1 Å². The van der Waals surface area contributed by atoms with E-state index >= 15 is 0 Å². The molecule has 1 aliphatic heterocycles. The van der Waals surface area contributed by atoms with Crippen molar-refractivity contribution < 1.29 is 24.0 Å². The van der Waals surface area contributed by atoms with Crippen molar-refractivity contribution in [2.24, 2.45) is 0 Å². The lowest BCUT2D eigenvalue weighted by Gasteiger charge is -2.38. The molecule has 2 aromatic rings. The third kappa shape index (κ3) is 4.64. The van der Waals surface area contributed by atoms with Crippen LogP contribution in [0.15, 0.2) is 77.1 Å². The Hall–Kier alpha value is -3.94. The van der Waals surface area contributed by atoms with Crippen molar-refractivity contribution in [3.05, 3.63) is 92.8 Å². The third-order valence-corrected chi connectivity index (χ3v) is 5.47. The fourth-order valence-corrected chi connectivity index (χ4v) is 4.09. The van der Waals surface area contributed by atoms with E-state index in [-0.39, 0.29) is 30.0 Å². The fourth-order valence-electron chi connectivity index (χ4n) is 4.09. The summed E-state index contributed by atoms with van der Waals surface area (Å²) in [4.78, 5) is 38.9. The van der Waals surface area contributed by atoms with Gasteiger partial charge < -0.3 is 14.4 Å². The van der Waals surface area contributed by atoms with E-state index in [0.29, 0.717) is 17.0 Å². The molecule has 8 heteroatoms. The van der Waals surface area contributed by atoms with Gasteiger partial charge in [-0.25, -0.2) is 9.59 Å². The Morgan fingerprint density at radius 3 is 1.79 bits per heavy atom. The van der Waals surface area contributed by atoms with Crippen LogP contribution in [0.25, 0.3) is 0 Å². The molecule has 0 saturated carbocycles. The zero-order valence-electron chi connectivity index (χ0n) is 19.0. The van der Waals surface area contributed by atoms with Gasteiger partial charge in [0.2, 0.25) is 0 Å². The van der Waals surface area contributed by atoms with Crippen LogP contribution < -0.4 is 4.90 Å². The molecular weight excluding hydrogens is 424 g/mol. The van der Waals surface area contributed by atoms with E-state index in [2.05, 4.69) is 0 Å². The Kier molecular flexibility index (Phi) is 7.27. The summed E-state index contributed by atoms with van der Waals surface area (Å²) >= 11 is 0. The topological polar surface area (TPSA) is 99.0 Å². The van der Waals surface area contributed by atoms with Gasteiger partial charge in [-0.05, 0) is 45.4 Å². The number of nitro groups is 1. The summed E-state index contributed by atoms with van der Waals surface area (Å²) in [6.45, 7) is 7.32. The number of nitrogens with zero attached hydrogens (tertiary/aromatic N) is 2. The van der Waals surface area contributed by atoms with Crippen LogP contribution in [0.4, 0.5) is 11.4 Å². The van der Waals surface area contributed by atoms with Gasteiger partial charge in [0.05, 0.1) is 35.2 Å². The molecule has 1 heterocycles. The van der Waals surface area contributed by atoms with Crippen molar-refractivity contribution in [3.8, 4) is 0 Å². The molecule has 8 nitrogen and oxygen atoms in total. The largest absolute Gasteiger partial charge is 0.463 e. The Balaban J connectivity index is 2.30. The fraction of sp³-hybridized carbons (Fsp3) is 0.280. The highest BCUT2D eigenvalue weighted by atomic mass is 16.6. The van der Waals surface area contributed by atoms with Crippen LogP contribution in [-0.2, 0) is 19.1 Å². The summed E-state index contributed by atoms with van der Waals surface area (Å²) < 4.78 is 10.7. The van der Waals surface area contributed by atoms with Crippen molar-refractivity contribution in [2.75, 3.05) is 18.1 Å². The van der Waals surface area contributed by atoms with Crippen LogP contribution in [0.2, 0.25) is 0 Å². The van der Waals surface area contributed by atoms with E-state index in [1.54, 1.807) is 39.8 Å². The molecule has 0 fully saturated rings. The molecule has 33 heavy (non-hydrogen) atoms. The molecule has 2 aromatic carbocycles. The molecule has 172 valence electrons. The third-order valence-electron chi connectivity index (χ3n) is 5.47. The molecule has 0 N–H and O–H groups in total. The number of anilines is 1. The number of nitro benzene ring substituents is 1. The Morgan fingerprint density at radius 1 is 0.879 bits per heavy atom. The van der Waals surface area contributed by atoms with Gasteiger partial charge in [0.1, 0.15) is 0 Å². The first kappa shape index (κ1) is 23.7. The first-order valence-corrected chi connectivity index (χ1v) is 10.7. The quantitative estimate of drug-likeness (QED) is 0.337. The number of esters is 2. The standard InChI is InChI=1S/C25H26N2O6/c1-5-32-24(28)21-16(3)26(19-10-8-7-9-11-19)17(4)22(25(29)33-6-2)23(21)18-12-14-20(15-13-18)27(30)31/h7-15,23H,5-6H2,1-4H3. The molecule has 0 aliphatic carbocycles. The number of rotatable bonds is 7. The first-order chi connectivity index (χ1) is 15.8. The molecule has 1 aliphatic rings. The molecular formula is C25H26N2O6. The van der Waals surface area contributed by atoms with E-state index in [1.807, 2.05) is 35.2 Å². The number of allylic oxidation sites excluding steroid dienone is 2. The smallest absolute Gasteiger partial charge is 0.336 e. The SMILES string of the molecule is CCOC(=O)C1=C(C)N(c2ccccc2)C(C)=C(C(=O)OCC)C1c1ccc([N+](=O)[O-])cc1. The van der Waals surface area contributed by atoms with E-state index in [4.69, 9.17) is 9.47 Å². The monoisotopic (exact) mass is 450 g/mol. The van der Waals surface area contributed by atoms with Crippen molar-refractivity contribution >= 4 is 23.3 Å². The molecule has 0 saturated heterocycles. The van der Waals surface area contributed by atoms with Gasteiger partial charge in [-0.1, -0.05) is 30.3 Å². The van der Waals surface area contributed by atoms with E-state index in [1.165, 1.54) is 12.1 Å². The minimum Gasteiger partial charge on any atom is -0.463 e. The summed E-state index contributed by atoms with van der Waals surface area (Å²) in [5.41, 5.74) is 3.02. The molecule has 0 amide bonds. The number of non-ortho nitro benzene ring substituents is 1. The zero-order valence-corrected chi connectivity index (χ0v) is 19.0. The number of para-hydroxylation sites is 1. The molecule has 0 atom stereocenters. The summed E-state index contributed by atoms with van der Waals surface area (Å²) in [6.07, 6.45) is 0. The van der Waals surface area contributed by atoms with Crippen LogP contribution in [-0.4, -0.2) is 30.1 Å².